The first-order chi connectivity index (χ1) is 14.0. The van der Waals surface area contributed by atoms with Crippen molar-refractivity contribution in [3.63, 3.8) is 0 Å². The summed E-state index contributed by atoms with van der Waals surface area (Å²) in [6, 6.07) is 3.66. The van der Waals surface area contributed by atoms with E-state index in [0.29, 0.717) is 30.1 Å². The van der Waals surface area contributed by atoms with E-state index in [0.717, 1.165) is 17.7 Å². The van der Waals surface area contributed by atoms with E-state index in [-0.39, 0.29) is 12.4 Å². The van der Waals surface area contributed by atoms with Gasteiger partial charge in [0.2, 0.25) is 0 Å². The van der Waals surface area contributed by atoms with Crippen molar-refractivity contribution in [2.75, 3.05) is 0 Å². The molecule has 0 bridgehead atoms. The number of unbranched alkanes of at least 4 members (excludes halogenated alkanes) is 1. The molecule has 29 heavy (non-hydrogen) atoms. The molecule has 0 fully saturated rings. The molecule has 0 radical (unpaired) electrons. The highest BCUT2D eigenvalue weighted by Crippen LogP contribution is 2.21. The molecule has 0 aromatic carbocycles. The summed E-state index contributed by atoms with van der Waals surface area (Å²) in [4.78, 5) is 44.7. The zero-order valence-corrected chi connectivity index (χ0v) is 16.9. The number of aromatic nitrogens is 6. The molecule has 0 aliphatic carbocycles. The van der Waals surface area contributed by atoms with Crippen LogP contribution in [0.2, 0.25) is 0 Å². The fourth-order valence-corrected chi connectivity index (χ4v) is 3.89. The Morgan fingerprint density at radius 2 is 2.03 bits per heavy atom. The SMILES string of the molecule is CCCCn1c(=O)[nH]c(=O)c2c1nc(Cn1nc(-c3cccs3)oc1=O)n2CC. The quantitative estimate of drug-likeness (QED) is 0.489. The van der Waals surface area contributed by atoms with Gasteiger partial charge in [-0.1, -0.05) is 19.4 Å². The predicted molar refractivity (Wildman–Crippen MR) is 108 cm³/mol. The normalized spacial score (nSPS) is 11.5. The summed E-state index contributed by atoms with van der Waals surface area (Å²) in [6.07, 6.45) is 1.68. The van der Waals surface area contributed by atoms with Gasteiger partial charge in [-0.05, 0) is 24.8 Å². The fraction of sp³-hybridized carbons (Fsp3) is 0.389. The van der Waals surface area contributed by atoms with Crippen LogP contribution in [-0.2, 0) is 19.6 Å². The van der Waals surface area contributed by atoms with Gasteiger partial charge in [-0.15, -0.1) is 16.4 Å². The lowest BCUT2D eigenvalue weighted by molar-refractivity contribution is 0.488. The Morgan fingerprint density at radius 3 is 2.72 bits per heavy atom. The molecule has 0 aliphatic rings. The van der Waals surface area contributed by atoms with Crippen LogP contribution in [0.3, 0.4) is 0 Å². The molecule has 0 saturated heterocycles. The number of H-pyrrole nitrogens is 1. The summed E-state index contributed by atoms with van der Waals surface area (Å²) in [7, 11) is 0. The van der Waals surface area contributed by atoms with E-state index in [4.69, 9.17) is 4.42 Å². The van der Waals surface area contributed by atoms with E-state index in [1.807, 2.05) is 31.4 Å². The second-order valence-corrected chi connectivity index (χ2v) is 7.46. The predicted octanol–water partition coefficient (Wildman–Crippen LogP) is 1.63. The van der Waals surface area contributed by atoms with Gasteiger partial charge in [-0.25, -0.2) is 14.6 Å². The number of hydrogen-bond acceptors (Lipinski definition) is 7. The van der Waals surface area contributed by atoms with Gasteiger partial charge in [0.25, 0.3) is 11.4 Å². The largest absolute Gasteiger partial charge is 0.437 e. The van der Waals surface area contributed by atoms with Crippen LogP contribution in [0.5, 0.6) is 0 Å². The summed E-state index contributed by atoms with van der Waals surface area (Å²) in [5.41, 5.74) is -0.348. The number of aryl methyl sites for hydroxylation is 2. The monoisotopic (exact) mass is 416 g/mol. The second kappa shape index (κ2) is 7.66. The maximum Gasteiger partial charge on any atom is 0.437 e. The number of aromatic amines is 1. The van der Waals surface area contributed by atoms with Crippen LogP contribution in [0.25, 0.3) is 21.9 Å². The van der Waals surface area contributed by atoms with Crippen LogP contribution < -0.4 is 17.0 Å². The van der Waals surface area contributed by atoms with Gasteiger partial charge in [0.05, 0.1) is 4.88 Å². The lowest BCUT2D eigenvalue weighted by atomic mass is 10.3. The smallest absolute Gasteiger partial charge is 0.387 e. The molecule has 0 amide bonds. The van der Waals surface area contributed by atoms with Crippen LogP contribution in [0.1, 0.15) is 32.5 Å². The van der Waals surface area contributed by atoms with E-state index in [1.165, 1.54) is 20.6 Å². The van der Waals surface area contributed by atoms with Crippen LogP contribution in [0.4, 0.5) is 0 Å². The van der Waals surface area contributed by atoms with Crippen LogP contribution in [0.15, 0.2) is 36.3 Å². The maximum atomic E-state index is 12.5. The van der Waals surface area contributed by atoms with Crippen molar-refractivity contribution in [1.82, 2.24) is 28.9 Å². The van der Waals surface area contributed by atoms with Crippen molar-refractivity contribution >= 4 is 22.5 Å². The van der Waals surface area contributed by atoms with Crippen molar-refractivity contribution < 1.29 is 4.42 Å². The highest BCUT2D eigenvalue weighted by Gasteiger charge is 2.20. The Bertz CT molecular complexity index is 1320. The number of nitrogens with one attached hydrogen (secondary N) is 1. The average Bonchev–Trinajstić information content (AvgIpc) is 3.41. The van der Waals surface area contributed by atoms with Gasteiger partial charge < -0.3 is 8.98 Å². The molecule has 4 heterocycles. The number of thiophene rings is 1. The first-order valence-corrected chi connectivity index (χ1v) is 10.3. The van der Waals surface area contributed by atoms with Gasteiger partial charge in [0.1, 0.15) is 12.4 Å². The number of rotatable bonds is 7. The van der Waals surface area contributed by atoms with Crippen molar-refractivity contribution in [3.05, 3.63) is 54.7 Å². The van der Waals surface area contributed by atoms with Crippen molar-refractivity contribution in [1.29, 1.82) is 0 Å². The number of imidazole rings is 1. The van der Waals surface area contributed by atoms with E-state index < -0.39 is 17.0 Å². The fourth-order valence-electron chi connectivity index (χ4n) is 3.24. The third-order valence-corrected chi connectivity index (χ3v) is 5.50. The zero-order valence-electron chi connectivity index (χ0n) is 16.0. The van der Waals surface area contributed by atoms with Gasteiger partial charge in [-0.2, -0.15) is 4.68 Å². The van der Waals surface area contributed by atoms with Gasteiger partial charge in [-0.3, -0.25) is 14.3 Å². The molecular weight excluding hydrogens is 396 g/mol. The molecule has 0 aliphatic heterocycles. The molecule has 11 heteroatoms. The Balaban J connectivity index is 1.82. The highest BCUT2D eigenvalue weighted by atomic mass is 32.1. The highest BCUT2D eigenvalue weighted by molar-refractivity contribution is 7.13. The molecule has 0 atom stereocenters. The second-order valence-electron chi connectivity index (χ2n) is 6.52. The summed E-state index contributed by atoms with van der Waals surface area (Å²) >= 11 is 1.42. The van der Waals surface area contributed by atoms with Crippen molar-refractivity contribution in [2.45, 2.75) is 46.3 Å². The van der Waals surface area contributed by atoms with Crippen LogP contribution >= 0.6 is 11.3 Å². The number of hydrogen-bond donors (Lipinski definition) is 1. The molecule has 1 N–H and O–H groups in total. The van der Waals surface area contributed by atoms with Crippen LogP contribution in [0, 0.1) is 0 Å². The minimum absolute atomic E-state index is 0.0254. The summed E-state index contributed by atoms with van der Waals surface area (Å²) < 4.78 is 9.58. The standard InChI is InChI=1S/C18H20N6O4S/c1-3-5-8-23-14-13(15(25)20-17(23)26)22(4-2)12(19-14)10-24-18(27)28-16(21-24)11-7-6-9-29-11/h6-7,9H,3-5,8,10H2,1-2H3,(H,20,25,26). The van der Waals surface area contributed by atoms with E-state index in [2.05, 4.69) is 15.1 Å². The van der Waals surface area contributed by atoms with Crippen LogP contribution in [-0.4, -0.2) is 28.9 Å². The minimum atomic E-state index is -0.611. The third-order valence-electron chi connectivity index (χ3n) is 4.65. The molecule has 4 aromatic rings. The van der Waals surface area contributed by atoms with Crippen molar-refractivity contribution in [3.8, 4) is 10.8 Å². The van der Waals surface area contributed by atoms with Crippen molar-refractivity contribution in [2.24, 2.45) is 0 Å². The van der Waals surface area contributed by atoms with E-state index in [1.54, 1.807) is 4.57 Å². The Kier molecular flexibility index (Phi) is 5.05. The molecule has 152 valence electrons. The lowest BCUT2D eigenvalue weighted by Gasteiger charge is -2.06. The molecule has 0 saturated carbocycles. The third kappa shape index (κ3) is 3.37. The minimum Gasteiger partial charge on any atom is -0.387 e. The Morgan fingerprint density at radius 1 is 1.21 bits per heavy atom. The molecule has 10 nitrogen and oxygen atoms in total. The molecule has 0 unspecified atom stereocenters. The number of nitrogens with zero attached hydrogens (tertiary/aromatic N) is 5. The van der Waals surface area contributed by atoms with E-state index in [9.17, 15) is 14.4 Å². The van der Waals surface area contributed by atoms with Gasteiger partial charge >= 0.3 is 11.4 Å². The average molecular weight is 416 g/mol. The summed E-state index contributed by atoms with van der Waals surface area (Å²) in [6.45, 7) is 4.82. The molecular formula is C18H20N6O4S. The first kappa shape index (κ1) is 19.1. The van der Waals surface area contributed by atoms with Gasteiger partial charge in [0, 0.05) is 13.1 Å². The molecule has 0 spiro atoms. The summed E-state index contributed by atoms with van der Waals surface area (Å²) in [5.74, 6) is 0.0826. The zero-order chi connectivity index (χ0) is 20.5. The molecule has 4 rings (SSSR count). The lowest BCUT2D eigenvalue weighted by Crippen LogP contribution is -2.31. The summed E-state index contributed by atoms with van der Waals surface area (Å²) in [5, 5.41) is 6.11. The Labute approximate surface area is 168 Å². The first-order valence-electron chi connectivity index (χ1n) is 9.37. The topological polar surface area (TPSA) is 121 Å². The Hall–Kier alpha value is -3.21. The number of fused-ring (bicyclic) bond motifs is 1. The maximum absolute atomic E-state index is 12.5. The van der Waals surface area contributed by atoms with E-state index >= 15 is 0 Å². The van der Waals surface area contributed by atoms with Gasteiger partial charge in [0.15, 0.2) is 11.2 Å². The molecule has 4 aromatic heterocycles.